The average Bonchev–Trinajstić information content (AvgIpc) is 2.57. The zero-order valence-corrected chi connectivity index (χ0v) is 10.3. The van der Waals surface area contributed by atoms with Gasteiger partial charge in [0, 0.05) is 0 Å². The standard InChI is InChI=1S/C9H13N3O5S/c1-9(2-17-8(11)16)4(7(14)15)12-5(13)3(10)6(12)18-9/h3-4,6H,2,10H2,1H3,(H2,11,16)(H,14,15)/t3-,4+,6-,9+/m1/s1. The first kappa shape index (κ1) is 13.0. The molecule has 2 fully saturated rings. The van der Waals surface area contributed by atoms with Gasteiger partial charge in [-0.2, -0.15) is 0 Å². The molecular formula is C9H13N3O5S. The molecule has 2 aliphatic rings. The van der Waals surface area contributed by atoms with E-state index in [1.165, 1.54) is 16.7 Å². The highest BCUT2D eigenvalue weighted by atomic mass is 32.2. The van der Waals surface area contributed by atoms with E-state index in [2.05, 4.69) is 4.74 Å². The molecule has 2 rings (SSSR count). The highest BCUT2D eigenvalue weighted by molar-refractivity contribution is 8.01. The number of amides is 2. The minimum absolute atomic E-state index is 0.184. The number of β-lactam (4-membered cyclic amide) rings is 1. The van der Waals surface area contributed by atoms with Gasteiger partial charge in [0.15, 0.2) is 0 Å². The van der Waals surface area contributed by atoms with Crippen LogP contribution in [0.2, 0.25) is 0 Å². The normalized spacial score (nSPS) is 38.0. The van der Waals surface area contributed by atoms with E-state index >= 15 is 0 Å². The number of hydrogen-bond donors (Lipinski definition) is 3. The fourth-order valence-corrected chi connectivity index (χ4v) is 3.88. The van der Waals surface area contributed by atoms with E-state index in [1.54, 1.807) is 6.92 Å². The fraction of sp³-hybridized carbons (Fsp3) is 0.667. The lowest BCUT2D eigenvalue weighted by Crippen LogP contribution is -2.69. The Balaban J connectivity index is 2.22. The topological polar surface area (TPSA) is 136 Å². The number of rotatable bonds is 3. The number of nitrogens with two attached hydrogens (primary N) is 2. The summed E-state index contributed by atoms with van der Waals surface area (Å²) in [5, 5.41) is 8.83. The number of aliphatic carboxylic acids is 1. The van der Waals surface area contributed by atoms with Crippen LogP contribution in [0.1, 0.15) is 6.92 Å². The maximum atomic E-state index is 11.6. The lowest BCUT2D eigenvalue weighted by molar-refractivity contribution is -0.159. The summed E-state index contributed by atoms with van der Waals surface area (Å²) in [6.07, 6.45) is -0.981. The lowest BCUT2D eigenvalue weighted by Gasteiger charge is -2.41. The Kier molecular flexibility index (Phi) is 2.90. The summed E-state index contributed by atoms with van der Waals surface area (Å²) < 4.78 is 3.73. The molecule has 4 atom stereocenters. The van der Waals surface area contributed by atoms with Crippen LogP contribution in [0.25, 0.3) is 0 Å². The quantitative estimate of drug-likeness (QED) is 0.535. The van der Waals surface area contributed by atoms with Gasteiger partial charge in [-0.05, 0) is 6.92 Å². The zero-order valence-electron chi connectivity index (χ0n) is 9.53. The van der Waals surface area contributed by atoms with Crippen molar-refractivity contribution in [3.05, 3.63) is 0 Å². The summed E-state index contributed by atoms with van der Waals surface area (Å²) in [5.41, 5.74) is 10.5. The Morgan fingerprint density at radius 3 is 2.72 bits per heavy atom. The van der Waals surface area contributed by atoms with Gasteiger partial charge in [-0.25, -0.2) is 9.59 Å². The lowest BCUT2D eigenvalue weighted by atomic mass is 9.95. The molecule has 2 aliphatic heterocycles. The molecule has 0 spiro atoms. The van der Waals surface area contributed by atoms with Gasteiger partial charge in [0.2, 0.25) is 5.91 Å². The summed E-state index contributed by atoms with van der Waals surface area (Å²) in [5.74, 6) is -1.55. The summed E-state index contributed by atoms with van der Waals surface area (Å²) in [6.45, 7) is 1.43. The van der Waals surface area contributed by atoms with Gasteiger partial charge in [-0.3, -0.25) is 4.79 Å². The van der Waals surface area contributed by atoms with Crippen LogP contribution in [0.15, 0.2) is 0 Å². The maximum absolute atomic E-state index is 11.6. The van der Waals surface area contributed by atoms with Crippen LogP contribution in [-0.2, 0) is 14.3 Å². The molecule has 0 aliphatic carbocycles. The second-order valence-electron chi connectivity index (χ2n) is 4.44. The van der Waals surface area contributed by atoms with Crippen molar-refractivity contribution < 1.29 is 24.2 Å². The minimum Gasteiger partial charge on any atom is -0.480 e. The third-order valence-electron chi connectivity index (χ3n) is 3.10. The zero-order chi connectivity index (χ0) is 13.7. The van der Waals surface area contributed by atoms with Crippen molar-refractivity contribution in [2.24, 2.45) is 11.5 Å². The SMILES string of the molecule is C[C@@]1(COC(N)=O)S[C@@H]2[C@H](N)C(=O)N2[C@H]1C(=O)O. The Hall–Kier alpha value is -1.48. The van der Waals surface area contributed by atoms with Gasteiger partial charge in [-0.1, -0.05) is 0 Å². The summed E-state index contributed by atoms with van der Waals surface area (Å²) in [4.78, 5) is 34.7. The molecule has 0 aromatic rings. The van der Waals surface area contributed by atoms with Crippen LogP contribution >= 0.6 is 11.8 Å². The molecule has 2 amide bonds. The molecule has 2 heterocycles. The van der Waals surface area contributed by atoms with Gasteiger partial charge in [0.25, 0.3) is 0 Å². The van der Waals surface area contributed by atoms with Crippen molar-refractivity contribution in [2.75, 3.05) is 6.61 Å². The van der Waals surface area contributed by atoms with Gasteiger partial charge in [0.05, 0.1) is 4.75 Å². The van der Waals surface area contributed by atoms with Crippen LogP contribution in [0, 0.1) is 0 Å². The third-order valence-corrected chi connectivity index (χ3v) is 4.74. The first-order chi connectivity index (χ1) is 8.28. The Morgan fingerprint density at radius 2 is 2.22 bits per heavy atom. The summed E-state index contributed by atoms with van der Waals surface area (Å²) in [7, 11) is 0. The summed E-state index contributed by atoms with van der Waals surface area (Å²) in [6, 6.07) is -1.77. The van der Waals surface area contributed by atoms with E-state index in [-0.39, 0.29) is 12.0 Å². The second-order valence-corrected chi connectivity index (χ2v) is 6.09. The van der Waals surface area contributed by atoms with Gasteiger partial charge < -0.3 is 26.2 Å². The van der Waals surface area contributed by atoms with Crippen molar-refractivity contribution in [3.8, 4) is 0 Å². The number of nitrogens with zero attached hydrogens (tertiary/aromatic N) is 1. The molecule has 8 nitrogen and oxygen atoms in total. The van der Waals surface area contributed by atoms with Crippen molar-refractivity contribution in [1.82, 2.24) is 4.90 Å². The van der Waals surface area contributed by atoms with Gasteiger partial charge in [-0.15, -0.1) is 11.8 Å². The Labute approximate surface area is 107 Å². The van der Waals surface area contributed by atoms with E-state index in [1.807, 2.05) is 0 Å². The fourth-order valence-electron chi connectivity index (χ4n) is 2.26. The molecule has 100 valence electrons. The predicted molar refractivity (Wildman–Crippen MR) is 61.6 cm³/mol. The van der Waals surface area contributed by atoms with Crippen molar-refractivity contribution in [3.63, 3.8) is 0 Å². The molecule has 0 aromatic heterocycles. The molecule has 0 saturated carbocycles. The molecule has 5 N–H and O–H groups in total. The number of hydrogen-bond acceptors (Lipinski definition) is 6. The highest BCUT2D eigenvalue weighted by Crippen LogP contribution is 2.50. The summed E-state index contributed by atoms with van der Waals surface area (Å²) >= 11 is 1.22. The number of primary amides is 1. The molecule has 18 heavy (non-hydrogen) atoms. The molecule has 9 heteroatoms. The number of carbonyl (C=O) groups excluding carboxylic acids is 2. The van der Waals surface area contributed by atoms with E-state index in [9.17, 15) is 19.5 Å². The minimum atomic E-state index is -1.15. The molecule has 0 unspecified atom stereocenters. The smallest absolute Gasteiger partial charge is 0.404 e. The predicted octanol–water partition coefficient (Wildman–Crippen LogP) is -1.46. The average molecular weight is 275 g/mol. The largest absolute Gasteiger partial charge is 0.480 e. The van der Waals surface area contributed by atoms with Crippen LogP contribution in [0.3, 0.4) is 0 Å². The number of thioether (sulfide) groups is 1. The monoisotopic (exact) mass is 275 g/mol. The van der Waals surface area contributed by atoms with Gasteiger partial charge in [0.1, 0.15) is 24.1 Å². The van der Waals surface area contributed by atoms with Crippen molar-refractivity contribution in [1.29, 1.82) is 0 Å². The Morgan fingerprint density at radius 1 is 1.61 bits per heavy atom. The molecule has 2 saturated heterocycles. The van der Waals surface area contributed by atoms with E-state index in [0.717, 1.165) is 0 Å². The molecule has 0 aromatic carbocycles. The number of fused-ring (bicyclic) bond motifs is 1. The molecular weight excluding hydrogens is 262 g/mol. The van der Waals surface area contributed by atoms with Gasteiger partial charge >= 0.3 is 12.1 Å². The number of carbonyl (C=O) groups is 3. The van der Waals surface area contributed by atoms with E-state index in [4.69, 9.17) is 11.5 Å². The second kappa shape index (κ2) is 4.02. The third kappa shape index (κ3) is 1.70. The van der Waals surface area contributed by atoms with Crippen molar-refractivity contribution >= 4 is 29.7 Å². The number of carboxylic acids is 1. The van der Waals surface area contributed by atoms with E-state index in [0.29, 0.717) is 0 Å². The maximum Gasteiger partial charge on any atom is 0.404 e. The Bertz CT molecular complexity index is 430. The van der Waals surface area contributed by atoms with Crippen LogP contribution in [0.5, 0.6) is 0 Å². The highest BCUT2D eigenvalue weighted by Gasteiger charge is 2.64. The van der Waals surface area contributed by atoms with Crippen LogP contribution in [-0.4, -0.2) is 56.8 Å². The first-order valence-corrected chi connectivity index (χ1v) is 6.06. The van der Waals surface area contributed by atoms with E-state index < -0.39 is 34.8 Å². The number of carboxylic acid groups (broad SMARTS) is 1. The number of ether oxygens (including phenoxy) is 1. The molecule has 0 bridgehead atoms. The molecule has 0 radical (unpaired) electrons. The van der Waals surface area contributed by atoms with Crippen LogP contribution < -0.4 is 11.5 Å². The van der Waals surface area contributed by atoms with Crippen molar-refractivity contribution in [2.45, 2.75) is 29.1 Å². The van der Waals surface area contributed by atoms with Crippen LogP contribution in [0.4, 0.5) is 4.79 Å². The first-order valence-electron chi connectivity index (χ1n) is 5.18.